The lowest BCUT2D eigenvalue weighted by Gasteiger charge is -2.41. The van der Waals surface area contributed by atoms with E-state index in [1.807, 2.05) is 0 Å². The van der Waals surface area contributed by atoms with Gasteiger partial charge in [0.1, 0.15) is 0 Å². The van der Waals surface area contributed by atoms with Crippen LogP contribution in [0.25, 0.3) is 0 Å². The van der Waals surface area contributed by atoms with Gasteiger partial charge in [0, 0.05) is 43.2 Å². The molecule has 1 N–H and O–H groups in total. The molecule has 2 aliphatic heterocycles. The van der Waals surface area contributed by atoms with Gasteiger partial charge >= 0.3 is 0 Å². The average Bonchev–Trinajstić information content (AvgIpc) is 2.48. The van der Waals surface area contributed by atoms with Crippen LogP contribution in [0, 0.1) is 6.92 Å². The summed E-state index contributed by atoms with van der Waals surface area (Å²) in [6, 6.07) is 7.42. The number of piperazine rings is 1. The van der Waals surface area contributed by atoms with Gasteiger partial charge in [-0.25, -0.2) is 0 Å². The summed E-state index contributed by atoms with van der Waals surface area (Å²) in [6.45, 7) is 9.17. The van der Waals surface area contributed by atoms with Gasteiger partial charge in [0.25, 0.3) is 0 Å². The van der Waals surface area contributed by atoms with Crippen LogP contribution in [-0.4, -0.2) is 50.2 Å². The van der Waals surface area contributed by atoms with Crippen molar-refractivity contribution in [3.8, 4) is 0 Å². The smallest absolute Gasteiger partial charge is 0.0511 e. The zero-order valence-electron chi connectivity index (χ0n) is 12.2. The van der Waals surface area contributed by atoms with Crippen LogP contribution < -0.4 is 10.2 Å². The third kappa shape index (κ3) is 3.18. The van der Waals surface area contributed by atoms with Crippen molar-refractivity contribution in [3.63, 3.8) is 0 Å². The van der Waals surface area contributed by atoms with Gasteiger partial charge in [-0.2, -0.15) is 0 Å². The van der Waals surface area contributed by atoms with E-state index in [-0.39, 0.29) is 0 Å². The molecule has 0 aromatic heterocycles. The standard InChI is InChI=1S/C16H24BrN3/c1-13-4-5-16(15(17)11-13)20-9-7-19(8-10-20)14-3-2-6-18-12-14/h4-5,11,14,18H,2-3,6-10,12H2,1H3. The first-order valence-corrected chi connectivity index (χ1v) is 8.49. The number of anilines is 1. The topological polar surface area (TPSA) is 18.5 Å². The van der Waals surface area contributed by atoms with Crippen LogP contribution in [-0.2, 0) is 0 Å². The zero-order chi connectivity index (χ0) is 13.9. The first-order chi connectivity index (χ1) is 9.74. The highest BCUT2D eigenvalue weighted by Crippen LogP contribution is 2.28. The Morgan fingerprint density at radius 1 is 1.20 bits per heavy atom. The normalized spacial score (nSPS) is 24.9. The molecular formula is C16H24BrN3. The van der Waals surface area contributed by atoms with Crippen LogP contribution in [0.3, 0.4) is 0 Å². The predicted molar refractivity (Wildman–Crippen MR) is 88.6 cm³/mol. The van der Waals surface area contributed by atoms with Gasteiger partial charge in [-0.3, -0.25) is 4.90 Å². The summed E-state index contributed by atoms with van der Waals surface area (Å²) in [5.41, 5.74) is 2.66. The third-order valence-electron chi connectivity index (χ3n) is 4.55. The van der Waals surface area contributed by atoms with E-state index in [9.17, 15) is 0 Å². The molecule has 0 radical (unpaired) electrons. The second-order valence-electron chi connectivity index (χ2n) is 5.98. The van der Waals surface area contributed by atoms with E-state index in [2.05, 4.69) is 56.2 Å². The molecule has 3 nitrogen and oxygen atoms in total. The van der Waals surface area contributed by atoms with Crippen molar-refractivity contribution < 1.29 is 0 Å². The highest BCUT2D eigenvalue weighted by molar-refractivity contribution is 9.10. The number of piperidine rings is 1. The predicted octanol–water partition coefficient (Wildman–Crippen LogP) is 2.63. The summed E-state index contributed by atoms with van der Waals surface area (Å²) in [6.07, 6.45) is 2.69. The molecular weight excluding hydrogens is 314 g/mol. The maximum Gasteiger partial charge on any atom is 0.0511 e. The molecule has 2 heterocycles. The fourth-order valence-corrected chi connectivity index (χ4v) is 4.09. The fourth-order valence-electron chi connectivity index (χ4n) is 3.34. The van der Waals surface area contributed by atoms with Gasteiger partial charge in [-0.15, -0.1) is 0 Å². The SMILES string of the molecule is Cc1ccc(N2CCN(C3CCCNC3)CC2)c(Br)c1. The minimum atomic E-state index is 0.757. The molecule has 2 aliphatic rings. The first-order valence-electron chi connectivity index (χ1n) is 7.70. The van der Waals surface area contributed by atoms with E-state index in [1.165, 1.54) is 54.7 Å². The molecule has 1 atom stereocenters. The van der Waals surface area contributed by atoms with E-state index in [0.717, 1.165) is 19.1 Å². The van der Waals surface area contributed by atoms with E-state index >= 15 is 0 Å². The summed E-state index contributed by atoms with van der Waals surface area (Å²) in [7, 11) is 0. The van der Waals surface area contributed by atoms with E-state index < -0.39 is 0 Å². The highest BCUT2D eigenvalue weighted by Gasteiger charge is 2.25. The summed E-state index contributed by atoms with van der Waals surface area (Å²) in [5, 5.41) is 3.53. The fraction of sp³-hybridized carbons (Fsp3) is 0.625. The maximum absolute atomic E-state index is 3.71. The Hall–Kier alpha value is -0.580. The van der Waals surface area contributed by atoms with Crippen molar-refractivity contribution >= 4 is 21.6 Å². The molecule has 20 heavy (non-hydrogen) atoms. The van der Waals surface area contributed by atoms with Crippen LogP contribution in [0.4, 0.5) is 5.69 Å². The second-order valence-corrected chi connectivity index (χ2v) is 6.83. The van der Waals surface area contributed by atoms with Crippen molar-refractivity contribution in [2.45, 2.75) is 25.8 Å². The number of aryl methyl sites for hydroxylation is 1. The Morgan fingerprint density at radius 3 is 2.65 bits per heavy atom. The molecule has 0 bridgehead atoms. The average molecular weight is 338 g/mol. The Balaban J connectivity index is 1.60. The van der Waals surface area contributed by atoms with Crippen molar-refractivity contribution in [3.05, 3.63) is 28.2 Å². The Kier molecular flexibility index (Phi) is 4.64. The minimum Gasteiger partial charge on any atom is -0.368 e. The van der Waals surface area contributed by atoms with Crippen molar-refractivity contribution in [2.75, 3.05) is 44.2 Å². The van der Waals surface area contributed by atoms with Crippen molar-refractivity contribution in [1.29, 1.82) is 0 Å². The second kappa shape index (κ2) is 6.46. The van der Waals surface area contributed by atoms with Crippen LogP contribution >= 0.6 is 15.9 Å². The molecule has 0 spiro atoms. The van der Waals surface area contributed by atoms with Gasteiger partial charge in [-0.05, 0) is 59.9 Å². The molecule has 1 unspecified atom stereocenters. The lowest BCUT2D eigenvalue weighted by molar-refractivity contribution is 0.157. The van der Waals surface area contributed by atoms with Gasteiger partial charge in [-0.1, -0.05) is 6.07 Å². The summed E-state index contributed by atoms with van der Waals surface area (Å²) in [5.74, 6) is 0. The zero-order valence-corrected chi connectivity index (χ0v) is 13.8. The first kappa shape index (κ1) is 14.4. The van der Waals surface area contributed by atoms with Gasteiger partial charge in [0.15, 0.2) is 0 Å². The van der Waals surface area contributed by atoms with Crippen LogP contribution in [0.5, 0.6) is 0 Å². The number of hydrogen-bond acceptors (Lipinski definition) is 3. The number of halogens is 1. The van der Waals surface area contributed by atoms with Crippen LogP contribution in [0.1, 0.15) is 18.4 Å². The molecule has 0 saturated carbocycles. The number of benzene rings is 1. The molecule has 110 valence electrons. The summed E-state index contributed by atoms with van der Waals surface area (Å²) >= 11 is 3.71. The largest absolute Gasteiger partial charge is 0.368 e. The van der Waals surface area contributed by atoms with Gasteiger partial charge in [0.05, 0.1) is 5.69 Å². The van der Waals surface area contributed by atoms with Crippen molar-refractivity contribution in [1.82, 2.24) is 10.2 Å². The highest BCUT2D eigenvalue weighted by atomic mass is 79.9. The number of nitrogens with zero attached hydrogens (tertiary/aromatic N) is 2. The number of rotatable bonds is 2. The molecule has 3 rings (SSSR count). The Morgan fingerprint density at radius 2 is 2.00 bits per heavy atom. The van der Waals surface area contributed by atoms with Crippen LogP contribution in [0.2, 0.25) is 0 Å². The molecule has 1 aromatic rings. The molecule has 0 amide bonds. The lowest BCUT2D eigenvalue weighted by atomic mass is 10.0. The van der Waals surface area contributed by atoms with Crippen LogP contribution in [0.15, 0.2) is 22.7 Å². The monoisotopic (exact) mass is 337 g/mol. The van der Waals surface area contributed by atoms with E-state index in [0.29, 0.717) is 0 Å². The van der Waals surface area contributed by atoms with Crippen molar-refractivity contribution in [2.24, 2.45) is 0 Å². The van der Waals surface area contributed by atoms with Gasteiger partial charge < -0.3 is 10.2 Å². The number of hydrogen-bond donors (Lipinski definition) is 1. The summed E-state index contributed by atoms with van der Waals surface area (Å²) < 4.78 is 1.23. The molecule has 0 aliphatic carbocycles. The molecule has 2 fully saturated rings. The van der Waals surface area contributed by atoms with E-state index in [4.69, 9.17) is 0 Å². The summed E-state index contributed by atoms with van der Waals surface area (Å²) in [4.78, 5) is 5.18. The van der Waals surface area contributed by atoms with Gasteiger partial charge in [0.2, 0.25) is 0 Å². The molecule has 4 heteroatoms. The molecule has 1 aromatic carbocycles. The Labute approximate surface area is 130 Å². The Bertz CT molecular complexity index is 449. The quantitative estimate of drug-likeness (QED) is 0.894. The number of nitrogens with one attached hydrogen (secondary N) is 1. The maximum atomic E-state index is 3.71. The minimum absolute atomic E-state index is 0.757. The lowest BCUT2D eigenvalue weighted by Crippen LogP contribution is -2.54. The third-order valence-corrected chi connectivity index (χ3v) is 5.18. The molecule has 2 saturated heterocycles. The van der Waals surface area contributed by atoms with E-state index in [1.54, 1.807) is 0 Å².